The van der Waals surface area contributed by atoms with E-state index < -0.39 is 15.8 Å². The smallest absolute Gasteiger partial charge is 0.240 e. The second kappa shape index (κ2) is 9.16. The number of hydrogen-bond donors (Lipinski definition) is 1. The van der Waals surface area contributed by atoms with Crippen molar-refractivity contribution in [2.24, 2.45) is 0 Å². The molecular formula is C18H21FN2O3S2. The minimum Gasteiger partial charge on any atom is -0.341 e. The Bertz CT molecular complexity index is 838. The third-order valence-corrected chi connectivity index (χ3v) is 5.98. The first-order chi connectivity index (χ1) is 12.3. The highest BCUT2D eigenvalue weighted by molar-refractivity contribution is 7.98. The van der Waals surface area contributed by atoms with Crippen LogP contribution in [0.2, 0.25) is 0 Å². The fraction of sp³-hybridized carbons (Fsp3) is 0.278. The molecule has 0 heterocycles. The van der Waals surface area contributed by atoms with Gasteiger partial charge in [-0.25, -0.2) is 17.5 Å². The first-order valence-electron chi connectivity index (χ1n) is 7.94. The summed E-state index contributed by atoms with van der Waals surface area (Å²) < 4.78 is 39.4. The van der Waals surface area contributed by atoms with Crippen molar-refractivity contribution >= 4 is 27.7 Å². The molecule has 1 N–H and O–H groups in total. The highest BCUT2D eigenvalue weighted by atomic mass is 32.2. The fourth-order valence-corrected chi connectivity index (χ4v) is 3.71. The van der Waals surface area contributed by atoms with Crippen LogP contribution in [-0.4, -0.2) is 39.1 Å². The molecule has 0 aliphatic carbocycles. The lowest BCUT2D eigenvalue weighted by molar-refractivity contribution is -0.130. The molecule has 5 nitrogen and oxygen atoms in total. The molecule has 8 heteroatoms. The van der Waals surface area contributed by atoms with E-state index in [-0.39, 0.29) is 23.8 Å². The van der Waals surface area contributed by atoms with Gasteiger partial charge in [0.1, 0.15) is 5.82 Å². The quantitative estimate of drug-likeness (QED) is 0.697. The summed E-state index contributed by atoms with van der Waals surface area (Å²) in [6.45, 7) is 0.437. The topological polar surface area (TPSA) is 66.5 Å². The number of rotatable bonds is 8. The molecule has 0 radical (unpaired) electrons. The molecule has 0 fully saturated rings. The third-order valence-electron chi connectivity index (χ3n) is 3.76. The van der Waals surface area contributed by atoms with Crippen LogP contribution >= 0.6 is 11.8 Å². The Labute approximate surface area is 157 Å². The molecule has 0 aliphatic heterocycles. The number of amides is 1. The molecular weight excluding hydrogens is 375 g/mol. The monoisotopic (exact) mass is 396 g/mol. The predicted molar refractivity (Wildman–Crippen MR) is 101 cm³/mol. The van der Waals surface area contributed by atoms with Gasteiger partial charge in [0.25, 0.3) is 0 Å². The third kappa shape index (κ3) is 5.82. The summed E-state index contributed by atoms with van der Waals surface area (Å²) in [6.07, 6.45) is 2.04. The average molecular weight is 397 g/mol. The number of thioether (sulfide) groups is 1. The second-order valence-electron chi connectivity index (χ2n) is 5.70. The number of carbonyl (C=O) groups is 1. The summed E-state index contributed by atoms with van der Waals surface area (Å²) in [5, 5.41) is 0. The van der Waals surface area contributed by atoms with Crippen molar-refractivity contribution in [2.75, 3.05) is 19.8 Å². The van der Waals surface area contributed by atoms with Crippen LogP contribution in [-0.2, 0) is 21.4 Å². The molecule has 0 bridgehead atoms. The number of nitrogens with zero attached hydrogens (tertiary/aromatic N) is 1. The summed E-state index contributed by atoms with van der Waals surface area (Å²) in [5.74, 6) is -0.674. The maximum absolute atomic E-state index is 12.9. The average Bonchev–Trinajstić information content (AvgIpc) is 2.62. The van der Waals surface area contributed by atoms with E-state index >= 15 is 0 Å². The lowest BCUT2D eigenvalue weighted by Crippen LogP contribution is -2.31. The Morgan fingerprint density at radius 2 is 1.73 bits per heavy atom. The van der Waals surface area contributed by atoms with Crippen molar-refractivity contribution in [2.45, 2.75) is 22.8 Å². The van der Waals surface area contributed by atoms with Gasteiger partial charge >= 0.3 is 0 Å². The number of halogens is 1. The van der Waals surface area contributed by atoms with Gasteiger partial charge < -0.3 is 4.90 Å². The van der Waals surface area contributed by atoms with Crippen molar-refractivity contribution in [3.05, 3.63) is 59.9 Å². The molecule has 0 saturated carbocycles. The fourth-order valence-electron chi connectivity index (χ4n) is 2.27. The van der Waals surface area contributed by atoms with Crippen LogP contribution in [0.25, 0.3) is 0 Å². The van der Waals surface area contributed by atoms with Crippen LogP contribution in [0, 0.1) is 5.82 Å². The first-order valence-corrected chi connectivity index (χ1v) is 10.6. The minimum atomic E-state index is -3.75. The van der Waals surface area contributed by atoms with E-state index in [1.807, 2.05) is 30.5 Å². The Morgan fingerprint density at radius 1 is 1.12 bits per heavy atom. The summed E-state index contributed by atoms with van der Waals surface area (Å²) in [4.78, 5) is 14.8. The number of sulfonamides is 1. The lowest BCUT2D eigenvalue weighted by Gasteiger charge is -2.17. The minimum absolute atomic E-state index is 0.0195. The van der Waals surface area contributed by atoms with E-state index in [4.69, 9.17) is 0 Å². The van der Waals surface area contributed by atoms with Gasteiger partial charge in [0.15, 0.2) is 0 Å². The van der Waals surface area contributed by atoms with Crippen LogP contribution in [0.1, 0.15) is 12.0 Å². The van der Waals surface area contributed by atoms with Gasteiger partial charge in [0, 0.05) is 31.5 Å². The standard InChI is InChI=1S/C18H21FN2O3S2/c1-21(13-14-3-7-16(25-2)8-4-14)18(22)11-12-20-26(23,24)17-9-5-15(19)6-10-17/h3-10,20H,11-13H2,1-2H3. The SMILES string of the molecule is CSc1ccc(CN(C)C(=O)CCNS(=O)(=O)c2ccc(F)cc2)cc1. The molecule has 0 aromatic heterocycles. The van der Waals surface area contributed by atoms with Crippen LogP contribution < -0.4 is 4.72 Å². The van der Waals surface area contributed by atoms with Gasteiger partial charge in [-0.15, -0.1) is 11.8 Å². The van der Waals surface area contributed by atoms with E-state index in [1.54, 1.807) is 23.7 Å². The zero-order chi connectivity index (χ0) is 19.2. The molecule has 2 aromatic rings. The van der Waals surface area contributed by atoms with Crippen LogP contribution in [0.4, 0.5) is 4.39 Å². The first kappa shape index (κ1) is 20.4. The Kier molecular flexibility index (Phi) is 7.19. The number of nitrogens with one attached hydrogen (secondary N) is 1. The van der Waals surface area contributed by atoms with Crippen LogP contribution in [0.3, 0.4) is 0 Å². The van der Waals surface area contributed by atoms with E-state index in [0.717, 1.165) is 22.6 Å². The Morgan fingerprint density at radius 3 is 2.31 bits per heavy atom. The van der Waals surface area contributed by atoms with Crippen molar-refractivity contribution in [1.82, 2.24) is 9.62 Å². The molecule has 0 unspecified atom stereocenters. The molecule has 140 valence electrons. The maximum Gasteiger partial charge on any atom is 0.240 e. The van der Waals surface area contributed by atoms with Crippen molar-refractivity contribution < 1.29 is 17.6 Å². The Balaban J connectivity index is 1.84. The van der Waals surface area contributed by atoms with Gasteiger partial charge in [-0.1, -0.05) is 12.1 Å². The predicted octanol–water partition coefficient (Wildman–Crippen LogP) is 2.87. The molecule has 2 aromatic carbocycles. The molecule has 0 atom stereocenters. The zero-order valence-electron chi connectivity index (χ0n) is 14.6. The highest BCUT2D eigenvalue weighted by Crippen LogP contribution is 2.16. The van der Waals surface area contributed by atoms with Crippen molar-refractivity contribution in [3.8, 4) is 0 Å². The van der Waals surface area contributed by atoms with Crippen molar-refractivity contribution in [1.29, 1.82) is 0 Å². The largest absolute Gasteiger partial charge is 0.341 e. The highest BCUT2D eigenvalue weighted by Gasteiger charge is 2.15. The summed E-state index contributed by atoms with van der Waals surface area (Å²) in [7, 11) is -2.07. The Hall–Kier alpha value is -1.90. The molecule has 2 rings (SSSR count). The summed E-state index contributed by atoms with van der Waals surface area (Å²) >= 11 is 1.65. The van der Waals surface area contributed by atoms with Crippen molar-refractivity contribution in [3.63, 3.8) is 0 Å². The molecule has 0 saturated heterocycles. The van der Waals surface area contributed by atoms with E-state index in [9.17, 15) is 17.6 Å². The number of hydrogen-bond acceptors (Lipinski definition) is 4. The normalized spacial score (nSPS) is 11.3. The van der Waals surface area contributed by atoms with Crippen LogP contribution in [0.5, 0.6) is 0 Å². The number of benzene rings is 2. The molecule has 1 amide bonds. The maximum atomic E-state index is 12.9. The van der Waals surface area contributed by atoms with E-state index in [2.05, 4.69) is 4.72 Å². The molecule has 0 aliphatic rings. The molecule has 26 heavy (non-hydrogen) atoms. The lowest BCUT2D eigenvalue weighted by atomic mass is 10.2. The van der Waals surface area contributed by atoms with Gasteiger partial charge in [-0.3, -0.25) is 4.79 Å². The van der Waals surface area contributed by atoms with Gasteiger partial charge in [0.05, 0.1) is 4.90 Å². The summed E-state index contributed by atoms with van der Waals surface area (Å²) in [6, 6.07) is 12.4. The molecule has 0 spiro atoms. The summed E-state index contributed by atoms with van der Waals surface area (Å²) in [5.41, 5.74) is 1.01. The number of carbonyl (C=O) groups excluding carboxylic acids is 1. The zero-order valence-corrected chi connectivity index (χ0v) is 16.2. The van der Waals surface area contributed by atoms with Gasteiger partial charge in [-0.05, 0) is 48.2 Å². The van der Waals surface area contributed by atoms with E-state index in [0.29, 0.717) is 6.54 Å². The van der Waals surface area contributed by atoms with Gasteiger partial charge in [0.2, 0.25) is 15.9 Å². The van der Waals surface area contributed by atoms with Gasteiger partial charge in [-0.2, -0.15) is 0 Å². The van der Waals surface area contributed by atoms with Crippen LogP contribution in [0.15, 0.2) is 58.3 Å². The second-order valence-corrected chi connectivity index (χ2v) is 8.35. The van der Waals surface area contributed by atoms with E-state index in [1.165, 1.54) is 12.1 Å².